The van der Waals surface area contributed by atoms with Crippen molar-refractivity contribution in [1.29, 1.82) is 0 Å². The monoisotopic (exact) mass is 555 g/mol. The van der Waals surface area contributed by atoms with Crippen molar-refractivity contribution in [1.82, 2.24) is 0 Å². The molecule has 0 aromatic heterocycles. The van der Waals surface area contributed by atoms with Crippen LogP contribution in [0.25, 0.3) is 0 Å². The van der Waals surface area contributed by atoms with Gasteiger partial charge in [0.15, 0.2) is 17.9 Å². The van der Waals surface area contributed by atoms with Crippen LogP contribution >= 0.6 is 0 Å². The van der Waals surface area contributed by atoms with Crippen molar-refractivity contribution in [3.8, 4) is 17.2 Å². The predicted molar refractivity (Wildman–Crippen MR) is 140 cm³/mol. The van der Waals surface area contributed by atoms with E-state index in [4.69, 9.17) is 19.9 Å². The number of aromatic hydroxyl groups is 2. The van der Waals surface area contributed by atoms with Crippen LogP contribution in [0.2, 0.25) is 0 Å². The van der Waals surface area contributed by atoms with E-state index >= 15 is 0 Å². The summed E-state index contributed by atoms with van der Waals surface area (Å²) in [5.41, 5.74) is 2.76. The Hall–Kier alpha value is -3.35. The third-order valence-corrected chi connectivity index (χ3v) is 8.41. The van der Waals surface area contributed by atoms with Gasteiger partial charge in [-0.3, -0.25) is 14.4 Å². The van der Waals surface area contributed by atoms with E-state index in [0.717, 1.165) is 0 Å². The van der Waals surface area contributed by atoms with Gasteiger partial charge in [-0.05, 0) is 38.8 Å². The van der Waals surface area contributed by atoms with E-state index in [0.29, 0.717) is 13.0 Å². The molecule has 1 heterocycles. The maximum absolute atomic E-state index is 13.7. The topological polar surface area (TPSA) is 186 Å². The van der Waals surface area contributed by atoms with Gasteiger partial charge in [0.2, 0.25) is 5.78 Å². The summed E-state index contributed by atoms with van der Waals surface area (Å²) in [7, 11) is 1.35. The summed E-state index contributed by atoms with van der Waals surface area (Å²) in [6.45, 7) is 3.21. The molecule has 6 unspecified atom stereocenters. The van der Waals surface area contributed by atoms with Crippen LogP contribution in [0.5, 0.6) is 17.2 Å². The summed E-state index contributed by atoms with van der Waals surface area (Å²) < 4.78 is 17.4. The molecule has 5 rings (SSSR count). The first-order valence-corrected chi connectivity index (χ1v) is 13.2. The van der Waals surface area contributed by atoms with Crippen LogP contribution in [-0.4, -0.2) is 75.5 Å². The minimum atomic E-state index is -1.99. The van der Waals surface area contributed by atoms with Crippen molar-refractivity contribution in [3.05, 3.63) is 51.6 Å². The van der Waals surface area contributed by atoms with E-state index in [1.54, 1.807) is 6.92 Å². The Bertz CT molecular complexity index is 1400. The number of phenolic OH excluding ortho intramolecular Hbond substituents is 2. The number of fused-ring (bicyclic) bond motifs is 3. The number of aliphatic hydroxyl groups is 2. The maximum atomic E-state index is 13.7. The van der Waals surface area contributed by atoms with E-state index in [2.05, 4.69) is 0 Å². The third-order valence-electron chi connectivity index (χ3n) is 8.41. The van der Waals surface area contributed by atoms with Crippen molar-refractivity contribution in [2.75, 3.05) is 13.7 Å². The molecule has 1 fully saturated rings. The number of nitrogens with two attached hydrogens (primary N) is 1. The van der Waals surface area contributed by atoms with Crippen LogP contribution in [0.3, 0.4) is 0 Å². The molecule has 214 valence electrons. The lowest BCUT2D eigenvalue weighted by Crippen LogP contribution is -2.48. The Morgan fingerprint density at radius 3 is 2.50 bits per heavy atom. The number of rotatable bonds is 6. The van der Waals surface area contributed by atoms with Crippen LogP contribution in [0.15, 0.2) is 18.2 Å². The second-order valence-electron chi connectivity index (χ2n) is 10.8. The predicted octanol–water partition coefficient (Wildman–Crippen LogP) is 1.67. The molecule has 11 heteroatoms. The van der Waals surface area contributed by atoms with E-state index in [1.807, 2.05) is 0 Å². The summed E-state index contributed by atoms with van der Waals surface area (Å²) in [4.78, 5) is 39.8. The Morgan fingerprint density at radius 1 is 1.15 bits per heavy atom. The lowest BCUT2D eigenvalue weighted by atomic mass is 9.72. The zero-order chi connectivity index (χ0) is 29.1. The maximum Gasteiger partial charge on any atom is 0.202 e. The average Bonchev–Trinajstić information content (AvgIpc) is 2.91. The fraction of sp³-hybridized carbons (Fsp3) is 0.483. The van der Waals surface area contributed by atoms with Crippen LogP contribution in [-0.2, 0) is 20.7 Å². The molecule has 6 atom stereocenters. The molecule has 40 heavy (non-hydrogen) atoms. The number of Topliss-reactive ketones (excluding diaryl/α,β-unsaturated/α-hetero) is 1. The average molecular weight is 556 g/mol. The molecule has 0 spiro atoms. The number of phenols is 2. The summed E-state index contributed by atoms with van der Waals surface area (Å²) in [6.07, 6.45) is -3.48. The number of hydrogen-bond donors (Lipinski definition) is 5. The van der Waals surface area contributed by atoms with Crippen LogP contribution < -0.4 is 10.5 Å². The first kappa shape index (κ1) is 28.2. The second-order valence-corrected chi connectivity index (χ2v) is 10.8. The van der Waals surface area contributed by atoms with Gasteiger partial charge in [-0.15, -0.1) is 0 Å². The number of carbonyl (C=O) groups is 3. The highest BCUT2D eigenvalue weighted by Gasteiger charge is 2.49. The van der Waals surface area contributed by atoms with Gasteiger partial charge in [0.05, 0.1) is 42.1 Å². The zero-order valence-corrected chi connectivity index (χ0v) is 22.5. The molecule has 1 aliphatic heterocycles. The quantitative estimate of drug-likeness (QED) is 0.279. The summed E-state index contributed by atoms with van der Waals surface area (Å²) in [5, 5.41) is 44.8. The number of hydrogen-bond acceptors (Lipinski definition) is 11. The van der Waals surface area contributed by atoms with Gasteiger partial charge >= 0.3 is 0 Å². The molecule has 0 radical (unpaired) electrons. The summed E-state index contributed by atoms with van der Waals surface area (Å²) >= 11 is 0. The molecular formula is C29H33NO10. The lowest BCUT2D eigenvalue weighted by Gasteiger charge is -2.42. The van der Waals surface area contributed by atoms with Gasteiger partial charge in [0, 0.05) is 36.0 Å². The van der Waals surface area contributed by atoms with E-state index in [1.165, 1.54) is 32.2 Å². The molecular weight excluding hydrogens is 522 g/mol. The van der Waals surface area contributed by atoms with Gasteiger partial charge in [-0.1, -0.05) is 12.1 Å². The minimum absolute atomic E-state index is 0.00830. The highest BCUT2D eigenvalue weighted by atomic mass is 16.7. The van der Waals surface area contributed by atoms with Gasteiger partial charge in [-0.2, -0.15) is 0 Å². The number of benzene rings is 2. The highest BCUT2D eigenvalue weighted by Crippen LogP contribution is 2.52. The van der Waals surface area contributed by atoms with Gasteiger partial charge in [-0.25, -0.2) is 0 Å². The Labute approximate surface area is 230 Å². The first-order valence-electron chi connectivity index (χ1n) is 13.2. The van der Waals surface area contributed by atoms with Gasteiger partial charge in [0.25, 0.3) is 0 Å². The van der Waals surface area contributed by atoms with Crippen LogP contribution in [0, 0.1) is 5.92 Å². The zero-order valence-electron chi connectivity index (χ0n) is 22.5. The largest absolute Gasteiger partial charge is 0.507 e. The Morgan fingerprint density at radius 2 is 1.85 bits per heavy atom. The van der Waals surface area contributed by atoms with Crippen molar-refractivity contribution in [2.45, 2.75) is 69.7 Å². The molecule has 2 aromatic carbocycles. The first-order chi connectivity index (χ1) is 18.9. The standard InChI is InChI=1S/C29H33NO10/c1-12-24(32)14(7-8-30)9-19(39-12)40-18-11-29(37,13(2)31)10-16-21(18)28(36)23-22(26(16)34)25(33)15-5-4-6-17(38-3)20(15)27(23)35/h4-6,12,14,18-19,24,32,34,36-37H,7-11,30H2,1-3H3. The summed E-state index contributed by atoms with van der Waals surface area (Å²) in [5.74, 6) is -3.36. The smallest absolute Gasteiger partial charge is 0.202 e. The number of ether oxygens (including phenoxy) is 3. The number of methoxy groups -OCH3 is 1. The fourth-order valence-electron chi connectivity index (χ4n) is 6.22. The molecule has 3 aliphatic rings. The molecule has 6 N–H and O–H groups in total. The van der Waals surface area contributed by atoms with Gasteiger partial charge in [0.1, 0.15) is 22.8 Å². The molecule has 2 aromatic rings. The SMILES string of the molecule is COc1cccc2c1C(=O)c1c(O)c3c(c(O)c1C2=O)CC(O)(C(C)=O)CC3OC1CC(CCN)C(O)C(C)O1. The van der Waals surface area contributed by atoms with E-state index in [-0.39, 0.29) is 46.8 Å². The minimum Gasteiger partial charge on any atom is -0.507 e. The molecule has 0 bridgehead atoms. The van der Waals surface area contributed by atoms with Crippen molar-refractivity contribution in [3.63, 3.8) is 0 Å². The van der Waals surface area contributed by atoms with Gasteiger partial charge < -0.3 is 40.4 Å². The third kappa shape index (κ3) is 4.29. The Kier molecular flexibility index (Phi) is 7.22. The van der Waals surface area contributed by atoms with Crippen molar-refractivity contribution >= 4 is 17.3 Å². The molecule has 0 saturated carbocycles. The van der Waals surface area contributed by atoms with Crippen molar-refractivity contribution in [2.24, 2.45) is 11.7 Å². The fourth-order valence-corrected chi connectivity index (χ4v) is 6.22. The molecule has 0 amide bonds. The van der Waals surface area contributed by atoms with E-state index < -0.39 is 76.6 Å². The number of aliphatic hydroxyl groups excluding tert-OH is 1. The van der Waals surface area contributed by atoms with Crippen LogP contribution in [0.4, 0.5) is 0 Å². The second kappa shape index (κ2) is 10.2. The van der Waals surface area contributed by atoms with Crippen LogP contribution in [0.1, 0.15) is 82.2 Å². The highest BCUT2D eigenvalue weighted by molar-refractivity contribution is 6.31. The van der Waals surface area contributed by atoms with Crippen molar-refractivity contribution < 1.29 is 49.0 Å². The molecule has 2 aliphatic carbocycles. The lowest BCUT2D eigenvalue weighted by molar-refractivity contribution is -0.257. The normalized spacial score (nSPS) is 29.4. The summed E-state index contributed by atoms with van der Waals surface area (Å²) in [6, 6.07) is 4.46. The molecule has 11 nitrogen and oxygen atoms in total. The number of carbonyl (C=O) groups excluding carboxylic acids is 3. The van der Waals surface area contributed by atoms with E-state index in [9.17, 15) is 34.8 Å². The Balaban J connectivity index is 1.65. The number of ketones is 3. The molecule has 1 saturated heterocycles.